The van der Waals surface area contributed by atoms with E-state index < -0.39 is 6.10 Å². The lowest BCUT2D eigenvalue weighted by atomic mass is 9.94. The molecular formula is C9H14O2. The number of carbonyl (C=O) groups is 1. The van der Waals surface area contributed by atoms with Gasteiger partial charge in [-0.1, -0.05) is 19.9 Å². The summed E-state index contributed by atoms with van der Waals surface area (Å²) in [6, 6.07) is 0. The standard InChI is InChI=1S/C9H14O2/c1-6-5-7(2)9(11)4-3-8(6)10/h3-4,6-8,10H,5H2,1-2H3. The highest BCUT2D eigenvalue weighted by Crippen LogP contribution is 2.20. The molecule has 0 amide bonds. The highest BCUT2D eigenvalue weighted by molar-refractivity contribution is 5.91. The summed E-state index contributed by atoms with van der Waals surface area (Å²) in [7, 11) is 0. The number of carbonyl (C=O) groups excluding carboxylic acids is 1. The van der Waals surface area contributed by atoms with Gasteiger partial charge in [-0.3, -0.25) is 4.79 Å². The number of aliphatic hydroxyl groups excluding tert-OH is 1. The van der Waals surface area contributed by atoms with Gasteiger partial charge in [0.25, 0.3) is 0 Å². The number of aliphatic hydroxyl groups is 1. The zero-order valence-corrected chi connectivity index (χ0v) is 6.95. The summed E-state index contributed by atoms with van der Waals surface area (Å²) in [4.78, 5) is 11.1. The first kappa shape index (κ1) is 8.47. The summed E-state index contributed by atoms with van der Waals surface area (Å²) < 4.78 is 0. The van der Waals surface area contributed by atoms with Crippen molar-refractivity contribution in [1.82, 2.24) is 0 Å². The van der Waals surface area contributed by atoms with E-state index in [1.54, 1.807) is 6.08 Å². The Bertz CT molecular complexity index is 184. The van der Waals surface area contributed by atoms with Crippen LogP contribution in [-0.4, -0.2) is 17.0 Å². The largest absolute Gasteiger partial charge is 0.389 e. The first-order valence-electron chi connectivity index (χ1n) is 4.01. The molecule has 1 aliphatic rings. The smallest absolute Gasteiger partial charge is 0.158 e. The second-order valence-electron chi connectivity index (χ2n) is 3.37. The molecule has 0 fully saturated rings. The van der Waals surface area contributed by atoms with E-state index in [0.717, 1.165) is 6.42 Å². The Kier molecular flexibility index (Phi) is 2.45. The van der Waals surface area contributed by atoms with Gasteiger partial charge >= 0.3 is 0 Å². The number of hydrogen-bond acceptors (Lipinski definition) is 2. The lowest BCUT2D eigenvalue weighted by Crippen LogP contribution is -2.16. The Morgan fingerprint density at radius 3 is 2.82 bits per heavy atom. The van der Waals surface area contributed by atoms with Crippen molar-refractivity contribution < 1.29 is 9.90 Å². The van der Waals surface area contributed by atoms with E-state index in [4.69, 9.17) is 0 Å². The molecule has 3 atom stereocenters. The minimum Gasteiger partial charge on any atom is -0.389 e. The van der Waals surface area contributed by atoms with E-state index in [1.165, 1.54) is 6.08 Å². The average Bonchev–Trinajstić information content (AvgIpc) is 2.05. The van der Waals surface area contributed by atoms with Crippen LogP contribution in [0.5, 0.6) is 0 Å². The van der Waals surface area contributed by atoms with E-state index in [0.29, 0.717) is 0 Å². The molecule has 0 aliphatic heterocycles. The van der Waals surface area contributed by atoms with E-state index in [1.807, 2.05) is 13.8 Å². The lowest BCUT2D eigenvalue weighted by molar-refractivity contribution is -0.118. The summed E-state index contributed by atoms with van der Waals surface area (Å²) in [5.41, 5.74) is 0. The SMILES string of the molecule is CC1CC(C)C(O)C=CC1=O. The summed E-state index contributed by atoms with van der Waals surface area (Å²) in [6.45, 7) is 3.87. The Hall–Kier alpha value is -0.630. The van der Waals surface area contributed by atoms with Gasteiger partial charge in [-0.25, -0.2) is 0 Å². The van der Waals surface area contributed by atoms with Crippen molar-refractivity contribution >= 4 is 5.78 Å². The van der Waals surface area contributed by atoms with Gasteiger partial charge < -0.3 is 5.11 Å². The van der Waals surface area contributed by atoms with Gasteiger partial charge in [-0.15, -0.1) is 0 Å². The van der Waals surface area contributed by atoms with Crippen molar-refractivity contribution in [3.05, 3.63) is 12.2 Å². The van der Waals surface area contributed by atoms with Gasteiger partial charge in [-0.2, -0.15) is 0 Å². The van der Waals surface area contributed by atoms with Crippen LogP contribution in [0.1, 0.15) is 20.3 Å². The molecule has 1 aliphatic carbocycles. The fraction of sp³-hybridized carbons (Fsp3) is 0.667. The van der Waals surface area contributed by atoms with Crippen molar-refractivity contribution in [2.24, 2.45) is 11.8 Å². The fourth-order valence-electron chi connectivity index (χ4n) is 1.36. The van der Waals surface area contributed by atoms with Crippen molar-refractivity contribution in [1.29, 1.82) is 0 Å². The van der Waals surface area contributed by atoms with Gasteiger partial charge in [0.15, 0.2) is 5.78 Å². The molecular weight excluding hydrogens is 140 g/mol. The Balaban J connectivity index is 2.72. The molecule has 2 heteroatoms. The van der Waals surface area contributed by atoms with Crippen molar-refractivity contribution in [2.45, 2.75) is 26.4 Å². The maximum absolute atomic E-state index is 11.1. The molecule has 1 rings (SSSR count). The summed E-state index contributed by atoms with van der Waals surface area (Å²) >= 11 is 0. The van der Waals surface area contributed by atoms with Gasteiger partial charge in [0, 0.05) is 5.92 Å². The molecule has 0 aromatic heterocycles. The quantitative estimate of drug-likeness (QED) is 0.568. The predicted octanol–water partition coefficient (Wildman–Crippen LogP) is 1.15. The van der Waals surface area contributed by atoms with Crippen LogP contribution in [0.25, 0.3) is 0 Å². The van der Waals surface area contributed by atoms with E-state index >= 15 is 0 Å². The van der Waals surface area contributed by atoms with Crippen LogP contribution in [0.15, 0.2) is 12.2 Å². The fourth-order valence-corrected chi connectivity index (χ4v) is 1.36. The van der Waals surface area contributed by atoms with Gasteiger partial charge in [0.1, 0.15) is 0 Å². The van der Waals surface area contributed by atoms with Gasteiger partial charge in [0.05, 0.1) is 6.10 Å². The molecule has 0 saturated heterocycles. The average molecular weight is 154 g/mol. The van der Waals surface area contributed by atoms with E-state index in [2.05, 4.69) is 0 Å². The second kappa shape index (κ2) is 3.18. The van der Waals surface area contributed by atoms with Crippen LogP contribution in [0, 0.1) is 11.8 Å². The molecule has 0 bridgehead atoms. The molecule has 0 radical (unpaired) electrons. The minimum absolute atomic E-state index is 0.0680. The molecule has 0 aromatic rings. The second-order valence-corrected chi connectivity index (χ2v) is 3.37. The highest BCUT2D eigenvalue weighted by Gasteiger charge is 2.21. The van der Waals surface area contributed by atoms with Crippen molar-refractivity contribution in [3.63, 3.8) is 0 Å². The minimum atomic E-state index is -0.441. The lowest BCUT2D eigenvalue weighted by Gasteiger charge is -2.14. The van der Waals surface area contributed by atoms with Crippen LogP contribution < -0.4 is 0 Å². The number of ketones is 1. The highest BCUT2D eigenvalue weighted by atomic mass is 16.3. The monoisotopic (exact) mass is 154 g/mol. The molecule has 2 nitrogen and oxygen atoms in total. The Labute approximate surface area is 66.9 Å². The summed E-state index contributed by atoms with van der Waals surface area (Å²) in [5.74, 6) is 0.402. The van der Waals surface area contributed by atoms with Crippen LogP contribution in [0.2, 0.25) is 0 Å². The van der Waals surface area contributed by atoms with Crippen molar-refractivity contribution in [3.8, 4) is 0 Å². The zero-order chi connectivity index (χ0) is 8.43. The van der Waals surface area contributed by atoms with Gasteiger partial charge in [0.2, 0.25) is 0 Å². The molecule has 0 heterocycles. The van der Waals surface area contributed by atoms with Crippen LogP contribution in [0.4, 0.5) is 0 Å². The first-order chi connectivity index (χ1) is 5.11. The Morgan fingerprint density at radius 2 is 2.18 bits per heavy atom. The van der Waals surface area contributed by atoms with E-state index in [9.17, 15) is 9.90 Å². The van der Waals surface area contributed by atoms with Crippen LogP contribution >= 0.6 is 0 Å². The molecule has 62 valence electrons. The Morgan fingerprint density at radius 1 is 1.55 bits per heavy atom. The topological polar surface area (TPSA) is 37.3 Å². The molecule has 0 saturated carbocycles. The normalized spacial score (nSPS) is 38.8. The van der Waals surface area contributed by atoms with Crippen LogP contribution in [-0.2, 0) is 4.79 Å². The maximum atomic E-state index is 11.1. The molecule has 3 unspecified atom stereocenters. The maximum Gasteiger partial charge on any atom is 0.158 e. The van der Waals surface area contributed by atoms with Gasteiger partial charge in [-0.05, 0) is 18.4 Å². The van der Waals surface area contributed by atoms with Crippen LogP contribution in [0.3, 0.4) is 0 Å². The third kappa shape index (κ3) is 1.90. The third-order valence-corrected chi connectivity index (χ3v) is 2.25. The summed E-state index contributed by atoms with van der Waals surface area (Å²) in [5, 5.41) is 9.35. The molecule has 11 heavy (non-hydrogen) atoms. The number of allylic oxidation sites excluding steroid dienone is 1. The molecule has 1 N–H and O–H groups in total. The zero-order valence-electron chi connectivity index (χ0n) is 6.95. The number of rotatable bonds is 0. The van der Waals surface area contributed by atoms with E-state index in [-0.39, 0.29) is 17.6 Å². The third-order valence-electron chi connectivity index (χ3n) is 2.25. The first-order valence-corrected chi connectivity index (χ1v) is 4.01. The predicted molar refractivity (Wildman–Crippen MR) is 43.1 cm³/mol. The summed E-state index contributed by atoms with van der Waals surface area (Å²) in [6.07, 6.45) is 3.44. The molecule has 0 spiro atoms. The molecule has 0 aromatic carbocycles. The van der Waals surface area contributed by atoms with Crippen molar-refractivity contribution in [2.75, 3.05) is 0 Å². The number of hydrogen-bond donors (Lipinski definition) is 1.